The van der Waals surface area contributed by atoms with Crippen LogP contribution in [0.15, 0.2) is 0 Å². The number of hydrogen-bond donors (Lipinski definition) is 1. The van der Waals surface area contributed by atoms with Gasteiger partial charge in [-0.25, -0.2) is 0 Å². The molecule has 118 valence electrons. The maximum Gasteiger partial charge on any atom is 0.0468 e. The number of likely N-dealkylation sites (N-methyl/N-ethyl adjacent to an activating group) is 3. The molecular formula is C16H33N3O. The van der Waals surface area contributed by atoms with E-state index in [4.69, 9.17) is 4.74 Å². The Morgan fingerprint density at radius 2 is 1.95 bits per heavy atom. The van der Waals surface area contributed by atoms with Crippen molar-refractivity contribution < 1.29 is 4.74 Å². The van der Waals surface area contributed by atoms with Gasteiger partial charge >= 0.3 is 0 Å². The summed E-state index contributed by atoms with van der Waals surface area (Å²) in [6.07, 6.45) is 5.09. The summed E-state index contributed by atoms with van der Waals surface area (Å²) in [5.74, 6) is 0.842. The Morgan fingerprint density at radius 1 is 1.20 bits per heavy atom. The molecule has 2 aliphatic rings. The van der Waals surface area contributed by atoms with E-state index in [-0.39, 0.29) is 0 Å². The van der Waals surface area contributed by atoms with Crippen LogP contribution >= 0.6 is 0 Å². The van der Waals surface area contributed by atoms with E-state index < -0.39 is 0 Å². The highest BCUT2D eigenvalue weighted by atomic mass is 16.5. The van der Waals surface area contributed by atoms with Crippen molar-refractivity contribution in [1.82, 2.24) is 15.1 Å². The van der Waals surface area contributed by atoms with Crippen LogP contribution in [0.3, 0.4) is 0 Å². The monoisotopic (exact) mass is 283 g/mol. The molecule has 0 aliphatic carbocycles. The Morgan fingerprint density at radius 3 is 2.65 bits per heavy atom. The molecule has 4 nitrogen and oxygen atoms in total. The number of rotatable bonds is 5. The predicted molar refractivity (Wildman–Crippen MR) is 84.2 cm³/mol. The summed E-state index contributed by atoms with van der Waals surface area (Å²) in [7, 11) is 4.57. The van der Waals surface area contributed by atoms with E-state index in [2.05, 4.69) is 36.1 Å². The van der Waals surface area contributed by atoms with Crippen LogP contribution in [0.4, 0.5) is 0 Å². The molecular weight excluding hydrogens is 250 g/mol. The number of hydrogen-bond acceptors (Lipinski definition) is 4. The van der Waals surface area contributed by atoms with E-state index in [1.807, 2.05) is 0 Å². The van der Waals surface area contributed by atoms with Crippen LogP contribution in [0, 0.1) is 5.92 Å². The highest BCUT2D eigenvalue weighted by Crippen LogP contribution is 2.23. The van der Waals surface area contributed by atoms with Gasteiger partial charge in [-0.15, -0.1) is 0 Å². The molecule has 2 atom stereocenters. The fourth-order valence-corrected chi connectivity index (χ4v) is 3.72. The van der Waals surface area contributed by atoms with E-state index in [9.17, 15) is 0 Å². The van der Waals surface area contributed by atoms with Gasteiger partial charge in [0.05, 0.1) is 0 Å². The average molecular weight is 283 g/mol. The molecule has 0 aromatic carbocycles. The van der Waals surface area contributed by atoms with Gasteiger partial charge in [-0.05, 0) is 65.3 Å². The SMILES string of the molecule is CCNC(CC1CCOCC1)C1CN(C)CCCN1C. The van der Waals surface area contributed by atoms with Crippen molar-refractivity contribution >= 4 is 0 Å². The summed E-state index contributed by atoms with van der Waals surface area (Å²) >= 11 is 0. The standard InChI is InChI=1S/C16H33N3O/c1-4-17-15(12-14-6-10-20-11-7-14)16-13-18(2)8-5-9-19(16)3/h14-17H,4-13H2,1-3H3. The molecule has 0 aromatic rings. The molecule has 2 rings (SSSR count). The van der Waals surface area contributed by atoms with Crippen molar-refractivity contribution in [2.75, 3.05) is 53.5 Å². The van der Waals surface area contributed by atoms with E-state index in [1.165, 1.54) is 45.3 Å². The van der Waals surface area contributed by atoms with E-state index >= 15 is 0 Å². The first-order chi connectivity index (χ1) is 9.70. The summed E-state index contributed by atoms with van der Waals surface area (Å²) in [5, 5.41) is 3.77. The highest BCUT2D eigenvalue weighted by molar-refractivity contribution is 4.89. The molecule has 1 N–H and O–H groups in total. The molecule has 2 aliphatic heterocycles. The van der Waals surface area contributed by atoms with Gasteiger partial charge in [0, 0.05) is 31.8 Å². The molecule has 0 amide bonds. The summed E-state index contributed by atoms with van der Waals surface area (Å²) in [5.41, 5.74) is 0. The van der Waals surface area contributed by atoms with Gasteiger partial charge in [0.25, 0.3) is 0 Å². The fourth-order valence-electron chi connectivity index (χ4n) is 3.72. The predicted octanol–water partition coefficient (Wildman–Crippen LogP) is 1.42. The van der Waals surface area contributed by atoms with Crippen LogP contribution < -0.4 is 5.32 Å². The molecule has 0 radical (unpaired) electrons. The zero-order chi connectivity index (χ0) is 14.4. The lowest BCUT2D eigenvalue weighted by atomic mass is 9.89. The van der Waals surface area contributed by atoms with Crippen LogP contribution in [-0.2, 0) is 4.74 Å². The lowest BCUT2D eigenvalue weighted by Gasteiger charge is -2.37. The van der Waals surface area contributed by atoms with Gasteiger partial charge in [0.15, 0.2) is 0 Å². The minimum atomic E-state index is 0.619. The lowest BCUT2D eigenvalue weighted by molar-refractivity contribution is 0.0543. The zero-order valence-corrected chi connectivity index (χ0v) is 13.6. The molecule has 0 bridgehead atoms. The largest absolute Gasteiger partial charge is 0.381 e. The first-order valence-electron chi connectivity index (χ1n) is 8.40. The third kappa shape index (κ3) is 4.69. The minimum Gasteiger partial charge on any atom is -0.381 e. The Hall–Kier alpha value is -0.160. The van der Waals surface area contributed by atoms with E-state index in [1.54, 1.807) is 0 Å². The van der Waals surface area contributed by atoms with Gasteiger partial charge in [-0.3, -0.25) is 0 Å². The molecule has 0 spiro atoms. The average Bonchev–Trinajstić information content (AvgIpc) is 2.61. The second-order valence-corrected chi connectivity index (χ2v) is 6.62. The number of ether oxygens (including phenoxy) is 1. The lowest BCUT2D eigenvalue weighted by Crippen LogP contribution is -2.53. The third-order valence-electron chi connectivity index (χ3n) is 4.97. The smallest absolute Gasteiger partial charge is 0.0468 e. The van der Waals surface area contributed by atoms with Gasteiger partial charge < -0.3 is 19.9 Å². The van der Waals surface area contributed by atoms with Crippen molar-refractivity contribution in [3.05, 3.63) is 0 Å². The molecule has 4 heteroatoms. The van der Waals surface area contributed by atoms with Crippen LogP contribution in [0.2, 0.25) is 0 Å². The van der Waals surface area contributed by atoms with E-state index in [0.717, 1.165) is 25.7 Å². The van der Waals surface area contributed by atoms with Crippen molar-refractivity contribution in [3.63, 3.8) is 0 Å². The van der Waals surface area contributed by atoms with Gasteiger partial charge in [0.2, 0.25) is 0 Å². The second kappa shape index (κ2) is 8.32. The van der Waals surface area contributed by atoms with Crippen molar-refractivity contribution in [1.29, 1.82) is 0 Å². The maximum atomic E-state index is 5.51. The Kier molecular flexibility index (Phi) is 6.75. The van der Waals surface area contributed by atoms with Crippen LogP contribution in [0.1, 0.15) is 32.6 Å². The van der Waals surface area contributed by atoms with Crippen molar-refractivity contribution in [3.8, 4) is 0 Å². The molecule has 2 heterocycles. The first kappa shape index (κ1) is 16.2. The Bertz CT molecular complexity index is 268. The van der Waals surface area contributed by atoms with Crippen LogP contribution in [0.5, 0.6) is 0 Å². The quantitative estimate of drug-likeness (QED) is 0.826. The van der Waals surface area contributed by atoms with E-state index in [0.29, 0.717) is 12.1 Å². The first-order valence-corrected chi connectivity index (χ1v) is 8.40. The van der Waals surface area contributed by atoms with Crippen molar-refractivity contribution in [2.24, 2.45) is 5.92 Å². The highest BCUT2D eigenvalue weighted by Gasteiger charge is 2.30. The molecule has 2 fully saturated rings. The zero-order valence-electron chi connectivity index (χ0n) is 13.6. The van der Waals surface area contributed by atoms with Crippen molar-refractivity contribution in [2.45, 2.75) is 44.7 Å². The number of nitrogens with zero attached hydrogens (tertiary/aromatic N) is 2. The fraction of sp³-hybridized carbons (Fsp3) is 1.00. The van der Waals surface area contributed by atoms with Gasteiger partial charge in [-0.2, -0.15) is 0 Å². The Labute approximate surface area is 124 Å². The summed E-state index contributed by atoms with van der Waals surface area (Å²) in [6.45, 7) is 8.88. The molecule has 0 aromatic heterocycles. The summed E-state index contributed by atoms with van der Waals surface area (Å²) < 4.78 is 5.51. The summed E-state index contributed by atoms with van der Waals surface area (Å²) in [4.78, 5) is 5.08. The molecule has 20 heavy (non-hydrogen) atoms. The second-order valence-electron chi connectivity index (χ2n) is 6.62. The molecule has 0 saturated carbocycles. The van der Waals surface area contributed by atoms with Crippen LogP contribution in [0.25, 0.3) is 0 Å². The van der Waals surface area contributed by atoms with Gasteiger partial charge in [-0.1, -0.05) is 6.92 Å². The topological polar surface area (TPSA) is 27.7 Å². The Balaban J connectivity index is 1.96. The van der Waals surface area contributed by atoms with Gasteiger partial charge in [0.1, 0.15) is 0 Å². The summed E-state index contributed by atoms with van der Waals surface area (Å²) in [6, 6.07) is 1.26. The molecule has 2 saturated heterocycles. The maximum absolute atomic E-state index is 5.51. The minimum absolute atomic E-state index is 0.619. The van der Waals surface area contributed by atoms with Crippen LogP contribution in [-0.4, -0.2) is 75.4 Å². The number of nitrogens with one attached hydrogen (secondary N) is 1. The molecule has 2 unspecified atom stereocenters. The third-order valence-corrected chi connectivity index (χ3v) is 4.97. The normalized spacial score (nSPS) is 29.2.